The van der Waals surface area contributed by atoms with Crippen molar-refractivity contribution in [1.82, 2.24) is 0 Å². The molecule has 3 heteroatoms. The smallest absolute Gasteiger partial charge is 0.0576 e. The molecule has 0 bridgehead atoms. The lowest BCUT2D eigenvalue weighted by Gasteiger charge is -2.27. The third-order valence-corrected chi connectivity index (χ3v) is 3.52. The fourth-order valence-electron chi connectivity index (χ4n) is 2.42. The van der Waals surface area contributed by atoms with E-state index in [0.717, 1.165) is 38.0 Å². The maximum atomic E-state index is 6.28. The van der Waals surface area contributed by atoms with Crippen LogP contribution in [0.1, 0.15) is 38.5 Å². The average Bonchev–Trinajstić information content (AvgIpc) is 2.76. The van der Waals surface area contributed by atoms with Gasteiger partial charge in [-0.2, -0.15) is 0 Å². The minimum Gasteiger partial charge on any atom is -0.399 e. The Morgan fingerprint density at radius 3 is 3.00 bits per heavy atom. The summed E-state index contributed by atoms with van der Waals surface area (Å²) in [4.78, 5) is 0. The summed E-state index contributed by atoms with van der Waals surface area (Å²) in [5, 5.41) is 0. The molecule has 1 fully saturated rings. The Bertz CT molecular complexity index is 292. The second-order valence-corrected chi connectivity index (χ2v) is 5.00. The molecule has 0 aromatic rings. The quantitative estimate of drug-likeness (QED) is 0.763. The Balaban J connectivity index is 1.71. The van der Waals surface area contributed by atoms with Crippen molar-refractivity contribution in [3.63, 3.8) is 0 Å². The third-order valence-electron chi connectivity index (χ3n) is 3.52. The van der Waals surface area contributed by atoms with Gasteiger partial charge in [-0.05, 0) is 44.6 Å². The van der Waals surface area contributed by atoms with Gasteiger partial charge in [0.1, 0.15) is 0 Å². The van der Waals surface area contributed by atoms with Crippen LogP contribution in [0.15, 0.2) is 23.9 Å². The van der Waals surface area contributed by atoms with Crippen LogP contribution in [0.25, 0.3) is 0 Å². The monoisotopic (exact) mass is 222 g/mol. The van der Waals surface area contributed by atoms with Crippen molar-refractivity contribution in [2.75, 3.05) is 6.61 Å². The van der Waals surface area contributed by atoms with Crippen LogP contribution >= 0.6 is 0 Å². The van der Waals surface area contributed by atoms with E-state index >= 15 is 0 Å². The molecule has 0 spiro atoms. The molecule has 2 aliphatic rings. The van der Waals surface area contributed by atoms with Crippen LogP contribution in [-0.4, -0.2) is 18.2 Å². The molecule has 0 amide bonds. The van der Waals surface area contributed by atoms with E-state index in [4.69, 9.17) is 16.2 Å². The van der Waals surface area contributed by atoms with Crippen molar-refractivity contribution < 1.29 is 4.74 Å². The lowest BCUT2D eigenvalue weighted by Crippen LogP contribution is -2.38. The zero-order valence-corrected chi connectivity index (χ0v) is 9.82. The van der Waals surface area contributed by atoms with Crippen LogP contribution < -0.4 is 11.5 Å². The summed E-state index contributed by atoms with van der Waals surface area (Å²) in [6, 6.07) is 0. The fourth-order valence-corrected chi connectivity index (χ4v) is 2.42. The first-order valence-corrected chi connectivity index (χ1v) is 6.23. The maximum absolute atomic E-state index is 6.28. The van der Waals surface area contributed by atoms with Crippen molar-refractivity contribution in [2.24, 2.45) is 11.5 Å². The number of ether oxygens (including phenoxy) is 1. The Hall–Kier alpha value is -0.800. The fraction of sp³-hybridized carbons (Fsp3) is 0.692. The lowest BCUT2D eigenvalue weighted by molar-refractivity contribution is 0.101. The Morgan fingerprint density at radius 2 is 2.38 bits per heavy atom. The molecule has 0 aromatic heterocycles. The summed E-state index contributed by atoms with van der Waals surface area (Å²) < 4.78 is 5.60. The van der Waals surface area contributed by atoms with E-state index in [9.17, 15) is 0 Å². The zero-order valence-electron chi connectivity index (χ0n) is 9.82. The van der Waals surface area contributed by atoms with Gasteiger partial charge < -0.3 is 16.2 Å². The van der Waals surface area contributed by atoms with E-state index < -0.39 is 0 Å². The summed E-state index contributed by atoms with van der Waals surface area (Å²) in [6.07, 6.45) is 13.1. The van der Waals surface area contributed by atoms with E-state index in [0.29, 0.717) is 6.10 Å². The minimum atomic E-state index is -0.179. The first-order valence-electron chi connectivity index (χ1n) is 6.23. The van der Waals surface area contributed by atoms with Gasteiger partial charge in [0.15, 0.2) is 0 Å². The highest BCUT2D eigenvalue weighted by Crippen LogP contribution is 2.25. The van der Waals surface area contributed by atoms with Gasteiger partial charge in [-0.15, -0.1) is 0 Å². The standard InChI is InChI=1S/C13H22N2O/c14-11-5-8-13(15,9-6-11)7-1-3-12-4-2-10-16-12/h5-6,8,12H,1-4,7,9-10,14-15H2. The van der Waals surface area contributed by atoms with E-state index in [1.807, 2.05) is 12.2 Å². The number of nitrogens with two attached hydrogens (primary N) is 2. The van der Waals surface area contributed by atoms with Gasteiger partial charge >= 0.3 is 0 Å². The van der Waals surface area contributed by atoms with Crippen LogP contribution in [0.5, 0.6) is 0 Å². The zero-order chi connectivity index (χ0) is 11.4. The molecule has 0 aromatic carbocycles. The molecule has 2 rings (SSSR count). The summed E-state index contributed by atoms with van der Waals surface area (Å²) in [5.74, 6) is 0. The molecule has 3 nitrogen and oxygen atoms in total. The molecule has 1 heterocycles. The molecule has 4 N–H and O–H groups in total. The van der Waals surface area contributed by atoms with Crippen LogP contribution in [-0.2, 0) is 4.74 Å². The molecule has 2 atom stereocenters. The SMILES string of the molecule is NC1=CCC(N)(CCCC2CCCO2)C=C1. The van der Waals surface area contributed by atoms with E-state index in [1.54, 1.807) is 0 Å². The summed E-state index contributed by atoms with van der Waals surface area (Å²) >= 11 is 0. The predicted octanol–water partition coefficient (Wildman–Crippen LogP) is 1.84. The normalized spacial score (nSPS) is 34.1. The average molecular weight is 222 g/mol. The van der Waals surface area contributed by atoms with Gasteiger partial charge in [-0.3, -0.25) is 0 Å². The second-order valence-electron chi connectivity index (χ2n) is 5.00. The van der Waals surface area contributed by atoms with Crippen molar-refractivity contribution >= 4 is 0 Å². The summed E-state index contributed by atoms with van der Waals surface area (Å²) in [6.45, 7) is 0.942. The molecular weight excluding hydrogens is 200 g/mol. The minimum absolute atomic E-state index is 0.179. The maximum Gasteiger partial charge on any atom is 0.0576 e. The van der Waals surface area contributed by atoms with Crippen molar-refractivity contribution in [3.05, 3.63) is 23.9 Å². The first kappa shape index (κ1) is 11.7. The molecule has 0 radical (unpaired) electrons. The van der Waals surface area contributed by atoms with E-state index in [1.165, 1.54) is 12.8 Å². The largest absolute Gasteiger partial charge is 0.399 e. The highest BCUT2D eigenvalue weighted by Gasteiger charge is 2.23. The molecule has 16 heavy (non-hydrogen) atoms. The molecule has 1 saturated heterocycles. The molecular formula is C13H22N2O. The van der Waals surface area contributed by atoms with Crippen LogP contribution in [0.2, 0.25) is 0 Å². The van der Waals surface area contributed by atoms with Gasteiger partial charge in [-0.1, -0.05) is 12.2 Å². The Morgan fingerprint density at radius 1 is 1.50 bits per heavy atom. The number of hydrogen-bond acceptors (Lipinski definition) is 3. The van der Waals surface area contributed by atoms with Gasteiger partial charge in [-0.25, -0.2) is 0 Å². The van der Waals surface area contributed by atoms with E-state index in [2.05, 4.69) is 6.08 Å². The highest BCUT2D eigenvalue weighted by molar-refractivity contribution is 5.26. The van der Waals surface area contributed by atoms with Gasteiger partial charge in [0, 0.05) is 17.8 Å². The number of hydrogen-bond donors (Lipinski definition) is 2. The van der Waals surface area contributed by atoms with Crippen molar-refractivity contribution in [2.45, 2.75) is 50.2 Å². The molecule has 0 saturated carbocycles. The van der Waals surface area contributed by atoms with E-state index in [-0.39, 0.29) is 5.54 Å². The second kappa shape index (κ2) is 5.02. The van der Waals surface area contributed by atoms with Crippen molar-refractivity contribution in [1.29, 1.82) is 0 Å². The first-order chi connectivity index (χ1) is 7.68. The molecule has 2 unspecified atom stereocenters. The van der Waals surface area contributed by atoms with Crippen LogP contribution in [0, 0.1) is 0 Å². The van der Waals surface area contributed by atoms with Gasteiger partial charge in [0.2, 0.25) is 0 Å². The summed E-state index contributed by atoms with van der Waals surface area (Å²) in [7, 11) is 0. The number of allylic oxidation sites excluding steroid dienone is 1. The van der Waals surface area contributed by atoms with Crippen LogP contribution in [0.4, 0.5) is 0 Å². The Kier molecular flexibility index (Phi) is 3.66. The predicted molar refractivity (Wildman–Crippen MR) is 65.8 cm³/mol. The lowest BCUT2D eigenvalue weighted by atomic mass is 9.86. The van der Waals surface area contributed by atoms with Crippen LogP contribution in [0.3, 0.4) is 0 Å². The topological polar surface area (TPSA) is 61.3 Å². The molecule has 1 aliphatic carbocycles. The molecule has 1 aliphatic heterocycles. The summed E-state index contributed by atoms with van der Waals surface area (Å²) in [5.41, 5.74) is 12.6. The van der Waals surface area contributed by atoms with Gasteiger partial charge in [0.05, 0.1) is 6.10 Å². The number of rotatable bonds is 4. The Labute approximate surface area is 97.5 Å². The third kappa shape index (κ3) is 3.09. The molecule has 90 valence electrons. The highest BCUT2D eigenvalue weighted by atomic mass is 16.5. The van der Waals surface area contributed by atoms with Crippen molar-refractivity contribution in [3.8, 4) is 0 Å². The van der Waals surface area contributed by atoms with Gasteiger partial charge in [0.25, 0.3) is 0 Å².